The minimum Gasteiger partial charge on any atom is -0.504 e. The molecule has 0 spiro atoms. The van der Waals surface area contributed by atoms with Gasteiger partial charge in [-0.05, 0) is 59.7 Å². The summed E-state index contributed by atoms with van der Waals surface area (Å²) in [6, 6.07) is 25.5. The number of likely N-dealkylation sites (N-methyl/N-ethyl adjacent to an activating group) is 1. The number of nitrogens with zero attached hydrogens (tertiary/aromatic N) is 2. The molecule has 12 heteroatoms. The number of hydrogen-bond acceptors (Lipinski definition) is 7. The van der Waals surface area contributed by atoms with Crippen LogP contribution in [0.2, 0.25) is 0 Å². The Kier molecular flexibility index (Phi) is 9.88. The number of aromatic hydroxyl groups is 3. The maximum Gasteiger partial charge on any atom is 0.258 e. The van der Waals surface area contributed by atoms with Crippen molar-refractivity contribution in [1.82, 2.24) is 13.9 Å². The van der Waals surface area contributed by atoms with Gasteiger partial charge in [-0.15, -0.1) is 0 Å². The SMILES string of the molecule is CN(CCc1ccccc1)S(=O)(=O)c1cc(C(=O)N2CCc3ccc(S(=O)NCCc4ccccc4)cc3C2)c(O)c(O)c1O. The van der Waals surface area contributed by atoms with Crippen molar-refractivity contribution in [2.45, 2.75) is 35.6 Å². The molecular weight excluding hydrogens is 615 g/mol. The highest BCUT2D eigenvalue weighted by atomic mass is 32.2. The third-order valence-corrected chi connectivity index (χ3v) is 10.9. The highest BCUT2D eigenvalue weighted by Gasteiger charge is 2.33. The minimum absolute atomic E-state index is 0.0738. The van der Waals surface area contributed by atoms with Gasteiger partial charge in [0.2, 0.25) is 15.8 Å². The van der Waals surface area contributed by atoms with E-state index < -0.39 is 54.6 Å². The van der Waals surface area contributed by atoms with Crippen molar-refractivity contribution in [3.63, 3.8) is 0 Å². The Morgan fingerprint density at radius 3 is 2.18 bits per heavy atom. The van der Waals surface area contributed by atoms with Crippen LogP contribution in [-0.2, 0) is 46.8 Å². The lowest BCUT2D eigenvalue weighted by Crippen LogP contribution is -2.36. The van der Waals surface area contributed by atoms with Crippen molar-refractivity contribution in [2.75, 3.05) is 26.7 Å². The lowest BCUT2D eigenvalue weighted by Gasteiger charge is -2.30. The number of phenols is 3. The van der Waals surface area contributed by atoms with E-state index in [0.29, 0.717) is 30.7 Å². The lowest BCUT2D eigenvalue weighted by molar-refractivity contribution is 0.0730. The summed E-state index contributed by atoms with van der Waals surface area (Å²) in [5.74, 6) is -3.75. The van der Waals surface area contributed by atoms with E-state index in [1.54, 1.807) is 12.1 Å². The number of carbonyl (C=O) groups excluding carboxylic acids is 1. The van der Waals surface area contributed by atoms with Gasteiger partial charge in [-0.2, -0.15) is 0 Å². The largest absolute Gasteiger partial charge is 0.504 e. The number of benzene rings is 4. The third kappa shape index (κ3) is 7.20. The summed E-state index contributed by atoms with van der Waals surface area (Å²) in [4.78, 5) is 14.9. The summed E-state index contributed by atoms with van der Waals surface area (Å²) in [5.41, 5.74) is 3.32. The van der Waals surface area contributed by atoms with Crippen molar-refractivity contribution in [3.8, 4) is 17.2 Å². The Morgan fingerprint density at radius 1 is 0.867 bits per heavy atom. The average Bonchev–Trinajstić information content (AvgIpc) is 3.06. The molecule has 1 unspecified atom stereocenters. The van der Waals surface area contributed by atoms with Crippen molar-refractivity contribution in [3.05, 3.63) is 113 Å². The molecule has 1 aliphatic rings. The molecule has 1 aliphatic heterocycles. The molecule has 4 aromatic rings. The summed E-state index contributed by atoms with van der Waals surface area (Å²) in [5, 5.41) is 31.6. The Morgan fingerprint density at radius 2 is 1.51 bits per heavy atom. The Hall–Kier alpha value is -4.23. The molecule has 0 aromatic heterocycles. The molecule has 0 saturated heterocycles. The maximum absolute atomic E-state index is 13.6. The minimum atomic E-state index is -4.35. The van der Waals surface area contributed by atoms with E-state index >= 15 is 0 Å². The van der Waals surface area contributed by atoms with E-state index in [-0.39, 0.29) is 19.6 Å². The topological polar surface area (TPSA) is 147 Å². The van der Waals surface area contributed by atoms with Gasteiger partial charge in [0.05, 0.1) is 10.5 Å². The molecule has 0 aliphatic carbocycles. The number of sulfonamides is 1. The van der Waals surface area contributed by atoms with Crippen molar-refractivity contribution < 1.29 is 32.7 Å². The third-order valence-electron chi connectivity index (χ3n) is 7.87. The normalized spacial score (nSPS) is 13.9. The molecule has 1 heterocycles. The first-order chi connectivity index (χ1) is 21.6. The molecule has 10 nitrogen and oxygen atoms in total. The Balaban J connectivity index is 1.32. The zero-order valence-electron chi connectivity index (χ0n) is 24.7. The zero-order chi connectivity index (χ0) is 32.1. The van der Waals surface area contributed by atoms with E-state index in [1.165, 1.54) is 11.9 Å². The van der Waals surface area contributed by atoms with Crippen molar-refractivity contribution in [1.29, 1.82) is 0 Å². The van der Waals surface area contributed by atoms with E-state index in [9.17, 15) is 32.7 Å². The Bertz CT molecular complexity index is 1820. The highest BCUT2D eigenvalue weighted by molar-refractivity contribution is 7.89. The lowest BCUT2D eigenvalue weighted by atomic mass is 9.99. The van der Waals surface area contributed by atoms with Crippen LogP contribution in [0, 0.1) is 0 Å². The van der Waals surface area contributed by atoms with Gasteiger partial charge >= 0.3 is 0 Å². The number of hydrogen-bond donors (Lipinski definition) is 4. The average molecular weight is 650 g/mol. The van der Waals surface area contributed by atoms with Crippen LogP contribution in [0.1, 0.15) is 32.6 Å². The van der Waals surface area contributed by atoms with Crippen LogP contribution < -0.4 is 4.72 Å². The molecule has 1 atom stereocenters. The van der Waals surface area contributed by atoms with Crippen LogP contribution >= 0.6 is 0 Å². The number of amides is 1. The first kappa shape index (κ1) is 32.2. The summed E-state index contributed by atoms with van der Waals surface area (Å²) < 4.78 is 43.9. The molecule has 0 radical (unpaired) electrons. The molecular formula is C33H35N3O7S2. The van der Waals surface area contributed by atoms with E-state index in [1.807, 2.05) is 66.7 Å². The molecule has 45 heavy (non-hydrogen) atoms. The predicted octanol–water partition coefficient (Wildman–Crippen LogP) is 3.72. The fourth-order valence-electron chi connectivity index (χ4n) is 5.21. The molecule has 5 rings (SSSR count). The summed E-state index contributed by atoms with van der Waals surface area (Å²) in [7, 11) is -4.50. The van der Waals surface area contributed by atoms with Gasteiger partial charge in [0.25, 0.3) is 5.91 Å². The number of fused-ring (bicyclic) bond motifs is 1. The standard InChI is InChI=1S/C33H35N3O7S2/c1-35(18-15-24-10-6-3-7-11-24)45(42,43)29-21-28(30(37)32(39)31(29)38)33(40)36-19-16-25-12-13-27(20-26(25)22-36)44(41)34-17-14-23-8-4-2-5-9-23/h2-13,20-21,34,37-39H,14-19,22H2,1H3. The summed E-state index contributed by atoms with van der Waals surface area (Å²) in [6.45, 7) is 0.964. The van der Waals surface area contributed by atoms with Crippen LogP contribution in [0.15, 0.2) is 94.7 Å². The van der Waals surface area contributed by atoms with Crippen LogP contribution in [0.4, 0.5) is 0 Å². The summed E-state index contributed by atoms with van der Waals surface area (Å²) >= 11 is 0. The molecule has 4 aromatic carbocycles. The highest BCUT2D eigenvalue weighted by Crippen LogP contribution is 2.43. The monoisotopic (exact) mass is 649 g/mol. The van der Waals surface area contributed by atoms with E-state index in [4.69, 9.17) is 0 Å². The first-order valence-electron chi connectivity index (χ1n) is 14.4. The van der Waals surface area contributed by atoms with Crippen LogP contribution in [0.3, 0.4) is 0 Å². The molecule has 0 fully saturated rings. The zero-order valence-corrected chi connectivity index (χ0v) is 26.4. The quantitative estimate of drug-likeness (QED) is 0.181. The molecule has 0 saturated carbocycles. The molecule has 236 valence electrons. The van der Waals surface area contributed by atoms with Crippen LogP contribution in [-0.4, -0.2) is 69.7 Å². The second-order valence-corrected chi connectivity index (χ2v) is 14.1. The number of rotatable bonds is 11. The van der Waals surface area contributed by atoms with Crippen LogP contribution in [0.5, 0.6) is 17.2 Å². The molecule has 1 amide bonds. The Labute approximate surface area is 265 Å². The predicted molar refractivity (Wildman–Crippen MR) is 171 cm³/mol. The second kappa shape index (κ2) is 13.8. The van der Waals surface area contributed by atoms with Crippen molar-refractivity contribution in [2.24, 2.45) is 0 Å². The van der Waals surface area contributed by atoms with E-state index in [2.05, 4.69) is 4.72 Å². The first-order valence-corrected chi connectivity index (χ1v) is 17.0. The van der Waals surface area contributed by atoms with Gasteiger partial charge in [-0.3, -0.25) is 4.79 Å². The maximum atomic E-state index is 13.6. The van der Waals surface area contributed by atoms with Gasteiger partial charge in [-0.25, -0.2) is 21.7 Å². The van der Waals surface area contributed by atoms with Gasteiger partial charge in [0.15, 0.2) is 11.5 Å². The second-order valence-electron chi connectivity index (χ2n) is 10.8. The summed E-state index contributed by atoms with van der Waals surface area (Å²) in [6.07, 6.45) is 1.59. The fraction of sp³-hybridized carbons (Fsp3) is 0.242. The molecule has 4 N–H and O–H groups in total. The smallest absolute Gasteiger partial charge is 0.258 e. The van der Waals surface area contributed by atoms with E-state index in [0.717, 1.165) is 32.6 Å². The number of phenolic OH excluding ortho intramolecular Hbond substituents is 3. The fourth-order valence-corrected chi connectivity index (χ4v) is 7.38. The van der Waals surface area contributed by atoms with Crippen LogP contribution in [0.25, 0.3) is 0 Å². The number of nitrogens with one attached hydrogen (secondary N) is 1. The van der Waals surface area contributed by atoms with Gasteiger partial charge in [0.1, 0.15) is 15.9 Å². The van der Waals surface area contributed by atoms with Crippen molar-refractivity contribution >= 4 is 26.9 Å². The van der Waals surface area contributed by atoms with Gasteiger partial charge in [0, 0.05) is 33.2 Å². The number of carbonyl (C=O) groups is 1. The van der Waals surface area contributed by atoms with Gasteiger partial charge < -0.3 is 20.2 Å². The molecule has 0 bridgehead atoms. The van der Waals surface area contributed by atoms with Gasteiger partial charge in [-0.1, -0.05) is 66.7 Å².